The molecule has 0 radical (unpaired) electrons. The van der Waals surface area contributed by atoms with Gasteiger partial charge in [0.25, 0.3) is 0 Å². The van der Waals surface area contributed by atoms with Crippen LogP contribution in [0.5, 0.6) is 0 Å². The Morgan fingerprint density at radius 2 is 2.05 bits per heavy atom. The molecule has 116 valence electrons. The third-order valence-corrected chi connectivity index (χ3v) is 5.02. The molecule has 1 aromatic rings. The molecular formula is C13H25N3O3S. The standard InChI is InChI=1S/C13H25N3O3S/c1-4-5-6-7-8-10(2)16-20(18,19)13-11(3)14-15-12(13)9-17/h10,16-17H,4-9H2,1-3H3,(H,14,15). The molecule has 0 saturated carbocycles. The van der Waals surface area contributed by atoms with Gasteiger partial charge in [0, 0.05) is 6.04 Å². The van der Waals surface area contributed by atoms with Gasteiger partial charge < -0.3 is 5.11 Å². The quantitative estimate of drug-likeness (QED) is 0.607. The SMILES string of the molecule is CCCCCCC(C)NS(=O)(=O)c1c(CO)n[nH]c1C. The third-order valence-electron chi connectivity index (χ3n) is 3.23. The van der Waals surface area contributed by atoms with E-state index in [-0.39, 0.29) is 16.6 Å². The number of aliphatic hydroxyl groups excluding tert-OH is 1. The Labute approximate surface area is 121 Å². The molecule has 1 rings (SSSR count). The van der Waals surface area contributed by atoms with E-state index in [9.17, 15) is 8.42 Å². The molecule has 0 aliphatic rings. The smallest absolute Gasteiger partial charge is 0.244 e. The number of nitrogens with zero attached hydrogens (tertiary/aromatic N) is 1. The Kier molecular flexibility index (Phi) is 6.64. The van der Waals surface area contributed by atoms with E-state index in [1.54, 1.807) is 6.92 Å². The Morgan fingerprint density at radius 3 is 2.65 bits per heavy atom. The van der Waals surface area contributed by atoms with Gasteiger partial charge in [-0.15, -0.1) is 0 Å². The van der Waals surface area contributed by atoms with E-state index in [2.05, 4.69) is 21.8 Å². The Hall–Kier alpha value is -0.920. The molecule has 0 bridgehead atoms. The van der Waals surface area contributed by atoms with Crippen LogP contribution in [0.4, 0.5) is 0 Å². The Balaban J connectivity index is 2.67. The predicted molar refractivity (Wildman–Crippen MR) is 77.8 cm³/mol. The van der Waals surface area contributed by atoms with Gasteiger partial charge in [0.1, 0.15) is 10.6 Å². The maximum absolute atomic E-state index is 12.3. The van der Waals surface area contributed by atoms with Crippen molar-refractivity contribution in [3.8, 4) is 0 Å². The van der Waals surface area contributed by atoms with Gasteiger partial charge in [-0.05, 0) is 20.3 Å². The van der Waals surface area contributed by atoms with Crippen LogP contribution in [-0.4, -0.2) is 29.8 Å². The molecule has 0 aromatic carbocycles. The molecule has 7 heteroatoms. The van der Waals surface area contributed by atoms with E-state index in [1.165, 1.54) is 6.42 Å². The average molecular weight is 303 g/mol. The number of hydrogen-bond acceptors (Lipinski definition) is 4. The minimum absolute atomic E-state index is 0.0698. The number of unbranched alkanes of at least 4 members (excludes halogenated alkanes) is 3. The van der Waals surface area contributed by atoms with Crippen LogP contribution >= 0.6 is 0 Å². The molecule has 1 heterocycles. The highest BCUT2D eigenvalue weighted by Gasteiger charge is 2.25. The lowest BCUT2D eigenvalue weighted by Crippen LogP contribution is -2.33. The number of aromatic amines is 1. The highest BCUT2D eigenvalue weighted by Crippen LogP contribution is 2.18. The van der Waals surface area contributed by atoms with E-state index < -0.39 is 16.6 Å². The summed E-state index contributed by atoms with van der Waals surface area (Å²) in [5.41, 5.74) is 0.605. The molecule has 6 nitrogen and oxygen atoms in total. The zero-order valence-corrected chi connectivity index (χ0v) is 13.3. The highest BCUT2D eigenvalue weighted by atomic mass is 32.2. The predicted octanol–water partition coefficient (Wildman–Crippen LogP) is 1.85. The summed E-state index contributed by atoms with van der Waals surface area (Å²) < 4.78 is 27.3. The van der Waals surface area contributed by atoms with Crippen LogP contribution < -0.4 is 4.72 Å². The summed E-state index contributed by atoms with van der Waals surface area (Å²) in [5.74, 6) is 0. The minimum atomic E-state index is -3.64. The van der Waals surface area contributed by atoms with E-state index in [0.29, 0.717) is 5.69 Å². The van der Waals surface area contributed by atoms with Crippen molar-refractivity contribution in [3.05, 3.63) is 11.4 Å². The summed E-state index contributed by atoms with van der Waals surface area (Å²) in [6, 6.07) is -0.127. The van der Waals surface area contributed by atoms with Crippen molar-refractivity contribution < 1.29 is 13.5 Å². The molecule has 0 saturated heterocycles. The fourth-order valence-electron chi connectivity index (χ4n) is 2.19. The van der Waals surface area contributed by atoms with Gasteiger partial charge in [-0.2, -0.15) is 5.10 Å². The first kappa shape index (κ1) is 17.1. The largest absolute Gasteiger partial charge is 0.390 e. The maximum atomic E-state index is 12.3. The molecular weight excluding hydrogens is 278 g/mol. The van der Waals surface area contributed by atoms with E-state index in [0.717, 1.165) is 25.7 Å². The first-order valence-corrected chi connectivity index (χ1v) is 8.57. The second-order valence-electron chi connectivity index (χ2n) is 5.15. The first-order valence-electron chi connectivity index (χ1n) is 7.09. The summed E-state index contributed by atoms with van der Waals surface area (Å²) in [6.07, 6.45) is 5.28. The van der Waals surface area contributed by atoms with E-state index >= 15 is 0 Å². The molecule has 1 unspecified atom stereocenters. The van der Waals surface area contributed by atoms with Gasteiger partial charge in [-0.25, -0.2) is 13.1 Å². The number of nitrogens with one attached hydrogen (secondary N) is 2. The summed E-state index contributed by atoms with van der Waals surface area (Å²) >= 11 is 0. The summed E-state index contributed by atoms with van der Waals surface area (Å²) in [4.78, 5) is 0.0698. The fourth-order valence-corrected chi connectivity index (χ4v) is 3.83. The lowest BCUT2D eigenvalue weighted by molar-refractivity contribution is 0.273. The normalized spacial score (nSPS) is 13.6. The van der Waals surface area contributed by atoms with Crippen molar-refractivity contribution >= 4 is 10.0 Å². The fraction of sp³-hybridized carbons (Fsp3) is 0.769. The average Bonchev–Trinajstić information content (AvgIpc) is 2.76. The summed E-state index contributed by atoms with van der Waals surface area (Å²) in [6.45, 7) is 5.24. The van der Waals surface area contributed by atoms with Gasteiger partial charge in [0.2, 0.25) is 10.0 Å². The molecule has 1 aromatic heterocycles. The monoisotopic (exact) mass is 303 g/mol. The molecule has 0 spiro atoms. The van der Waals surface area contributed by atoms with Crippen LogP contribution in [0.2, 0.25) is 0 Å². The van der Waals surface area contributed by atoms with Crippen molar-refractivity contribution in [3.63, 3.8) is 0 Å². The van der Waals surface area contributed by atoms with Crippen LogP contribution in [0.15, 0.2) is 4.90 Å². The van der Waals surface area contributed by atoms with Gasteiger partial charge in [-0.3, -0.25) is 5.10 Å². The van der Waals surface area contributed by atoms with Crippen molar-refractivity contribution in [1.82, 2.24) is 14.9 Å². The molecule has 0 aliphatic carbocycles. The number of aromatic nitrogens is 2. The van der Waals surface area contributed by atoms with Crippen LogP contribution in [0, 0.1) is 6.92 Å². The molecule has 3 N–H and O–H groups in total. The number of H-pyrrole nitrogens is 1. The maximum Gasteiger partial charge on any atom is 0.244 e. The van der Waals surface area contributed by atoms with E-state index in [1.807, 2.05) is 6.92 Å². The second kappa shape index (κ2) is 7.75. The number of hydrogen-bond donors (Lipinski definition) is 3. The van der Waals surface area contributed by atoms with Crippen LogP contribution in [-0.2, 0) is 16.6 Å². The van der Waals surface area contributed by atoms with E-state index in [4.69, 9.17) is 5.11 Å². The zero-order valence-electron chi connectivity index (χ0n) is 12.4. The minimum Gasteiger partial charge on any atom is -0.390 e. The highest BCUT2D eigenvalue weighted by molar-refractivity contribution is 7.89. The van der Waals surface area contributed by atoms with Gasteiger partial charge in [-0.1, -0.05) is 32.6 Å². The molecule has 0 amide bonds. The van der Waals surface area contributed by atoms with Crippen molar-refractivity contribution in [2.75, 3.05) is 0 Å². The van der Waals surface area contributed by atoms with Gasteiger partial charge in [0.15, 0.2) is 0 Å². The number of rotatable bonds is 9. The molecule has 0 fully saturated rings. The Morgan fingerprint density at radius 1 is 1.35 bits per heavy atom. The number of aliphatic hydroxyl groups is 1. The topological polar surface area (TPSA) is 95.1 Å². The summed E-state index contributed by atoms with van der Waals surface area (Å²) in [7, 11) is -3.64. The van der Waals surface area contributed by atoms with Crippen molar-refractivity contribution in [2.24, 2.45) is 0 Å². The number of aryl methyl sites for hydroxylation is 1. The van der Waals surface area contributed by atoms with Gasteiger partial charge in [0.05, 0.1) is 12.3 Å². The summed E-state index contributed by atoms with van der Waals surface area (Å²) in [5, 5.41) is 15.6. The molecule has 20 heavy (non-hydrogen) atoms. The first-order chi connectivity index (χ1) is 9.42. The van der Waals surface area contributed by atoms with Crippen LogP contribution in [0.1, 0.15) is 57.3 Å². The zero-order chi connectivity index (χ0) is 15.2. The third kappa shape index (κ3) is 4.57. The van der Waals surface area contributed by atoms with Crippen molar-refractivity contribution in [1.29, 1.82) is 0 Å². The van der Waals surface area contributed by atoms with Crippen LogP contribution in [0.3, 0.4) is 0 Å². The Bertz CT molecular complexity index is 511. The number of sulfonamides is 1. The lowest BCUT2D eigenvalue weighted by atomic mass is 10.1. The van der Waals surface area contributed by atoms with Crippen molar-refractivity contribution in [2.45, 2.75) is 70.4 Å². The van der Waals surface area contributed by atoms with Crippen LogP contribution in [0.25, 0.3) is 0 Å². The second-order valence-corrected chi connectivity index (χ2v) is 6.81. The lowest BCUT2D eigenvalue weighted by Gasteiger charge is -2.14. The molecule has 0 aliphatic heterocycles. The van der Waals surface area contributed by atoms with Gasteiger partial charge >= 0.3 is 0 Å². The molecule has 1 atom stereocenters.